The Labute approximate surface area is 92.7 Å². The van der Waals surface area contributed by atoms with Gasteiger partial charge in [0.25, 0.3) is 0 Å². The summed E-state index contributed by atoms with van der Waals surface area (Å²) in [6, 6.07) is 0. The molecule has 0 aliphatic heterocycles. The van der Waals surface area contributed by atoms with E-state index in [1.54, 1.807) is 29.4 Å². The van der Waals surface area contributed by atoms with Crippen LogP contribution in [-0.4, -0.2) is 27.7 Å². The Kier molecular flexibility index (Phi) is 4.35. The molecule has 78 valence electrons. The van der Waals surface area contributed by atoms with Crippen LogP contribution in [-0.2, 0) is 11.3 Å². The summed E-state index contributed by atoms with van der Waals surface area (Å²) in [6.45, 7) is 4.85. The quantitative estimate of drug-likeness (QED) is 0.746. The van der Waals surface area contributed by atoms with E-state index in [2.05, 4.69) is 4.98 Å². The molecule has 5 heteroatoms. The van der Waals surface area contributed by atoms with E-state index in [1.165, 1.54) is 0 Å². The molecular weight excluding hydrogens is 220 g/mol. The number of hydrogen-bond acceptors (Lipinski definition) is 3. The second-order valence-corrected chi connectivity index (χ2v) is 4.53. The fraction of sp³-hybridized carbons (Fsp3) is 0.556. The van der Waals surface area contributed by atoms with Crippen molar-refractivity contribution in [2.24, 2.45) is 0 Å². The van der Waals surface area contributed by atoms with Crippen molar-refractivity contribution in [2.45, 2.75) is 25.8 Å². The molecule has 1 aromatic heterocycles. The Morgan fingerprint density at radius 3 is 2.93 bits per heavy atom. The molecule has 1 amide bonds. The van der Waals surface area contributed by atoms with Crippen molar-refractivity contribution >= 4 is 28.8 Å². The topological polar surface area (TPSA) is 33.2 Å². The van der Waals surface area contributed by atoms with Crippen LogP contribution in [0.15, 0.2) is 11.6 Å². The number of carbonyl (C=O) groups excluding carboxylic acids is 1. The van der Waals surface area contributed by atoms with Crippen molar-refractivity contribution in [3.63, 3.8) is 0 Å². The fourth-order valence-electron chi connectivity index (χ4n) is 1.09. The molecule has 0 saturated heterocycles. The highest BCUT2D eigenvalue weighted by Crippen LogP contribution is 2.10. The van der Waals surface area contributed by atoms with Crippen LogP contribution in [0.25, 0.3) is 0 Å². The van der Waals surface area contributed by atoms with E-state index in [0.717, 1.165) is 5.01 Å². The van der Waals surface area contributed by atoms with Gasteiger partial charge in [-0.1, -0.05) is 0 Å². The van der Waals surface area contributed by atoms with E-state index in [4.69, 9.17) is 11.6 Å². The van der Waals surface area contributed by atoms with Crippen molar-refractivity contribution in [3.05, 3.63) is 16.6 Å². The van der Waals surface area contributed by atoms with E-state index in [0.29, 0.717) is 13.1 Å². The van der Waals surface area contributed by atoms with Gasteiger partial charge in [-0.15, -0.1) is 22.9 Å². The van der Waals surface area contributed by atoms with E-state index >= 15 is 0 Å². The molecule has 1 atom stereocenters. The number of thiazole rings is 1. The molecule has 3 nitrogen and oxygen atoms in total. The standard InChI is InChI=1S/C9H13ClN2OS/c1-3-12(9(13)7(2)10)6-8-11-4-5-14-8/h4-5,7H,3,6H2,1-2H3. The second kappa shape index (κ2) is 5.32. The van der Waals surface area contributed by atoms with Crippen molar-refractivity contribution < 1.29 is 4.79 Å². The SMILES string of the molecule is CCN(Cc1nccs1)C(=O)C(C)Cl. The van der Waals surface area contributed by atoms with Crippen LogP contribution >= 0.6 is 22.9 Å². The minimum Gasteiger partial charge on any atom is -0.335 e. The Balaban J connectivity index is 2.60. The normalized spacial score (nSPS) is 12.5. The lowest BCUT2D eigenvalue weighted by molar-refractivity contribution is -0.130. The molecule has 0 spiro atoms. The molecule has 1 unspecified atom stereocenters. The van der Waals surface area contributed by atoms with Gasteiger partial charge in [-0.2, -0.15) is 0 Å². The summed E-state index contributed by atoms with van der Waals surface area (Å²) < 4.78 is 0. The first-order valence-electron chi connectivity index (χ1n) is 4.46. The summed E-state index contributed by atoms with van der Waals surface area (Å²) in [5.74, 6) is -0.0376. The first kappa shape index (κ1) is 11.5. The second-order valence-electron chi connectivity index (χ2n) is 2.89. The van der Waals surface area contributed by atoms with Gasteiger partial charge in [0.1, 0.15) is 10.4 Å². The molecule has 1 aromatic rings. The fourth-order valence-corrected chi connectivity index (χ4v) is 1.86. The van der Waals surface area contributed by atoms with E-state index < -0.39 is 5.38 Å². The summed E-state index contributed by atoms with van der Waals surface area (Å²) in [5, 5.41) is 2.38. The first-order valence-corrected chi connectivity index (χ1v) is 5.78. The monoisotopic (exact) mass is 232 g/mol. The summed E-state index contributed by atoms with van der Waals surface area (Å²) in [7, 11) is 0. The van der Waals surface area contributed by atoms with Crippen LogP contribution in [0.2, 0.25) is 0 Å². The average Bonchev–Trinajstić information content (AvgIpc) is 2.65. The molecule has 0 fully saturated rings. The van der Waals surface area contributed by atoms with Crippen LogP contribution in [0.5, 0.6) is 0 Å². The molecule has 14 heavy (non-hydrogen) atoms. The van der Waals surface area contributed by atoms with Gasteiger partial charge < -0.3 is 4.90 Å². The van der Waals surface area contributed by atoms with E-state index in [9.17, 15) is 4.79 Å². The van der Waals surface area contributed by atoms with Crippen molar-refractivity contribution in [2.75, 3.05) is 6.54 Å². The Morgan fingerprint density at radius 1 is 1.79 bits per heavy atom. The number of hydrogen-bond donors (Lipinski definition) is 0. The van der Waals surface area contributed by atoms with Crippen molar-refractivity contribution in [3.8, 4) is 0 Å². The maximum Gasteiger partial charge on any atom is 0.240 e. The molecule has 0 N–H and O–H groups in total. The third-order valence-corrected chi connectivity index (χ3v) is 2.79. The maximum absolute atomic E-state index is 11.6. The van der Waals surface area contributed by atoms with Crippen LogP contribution in [0.1, 0.15) is 18.9 Å². The molecule has 0 radical (unpaired) electrons. The van der Waals surface area contributed by atoms with Crippen LogP contribution < -0.4 is 0 Å². The highest BCUT2D eigenvalue weighted by Gasteiger charge is 2.17. The number of rotatable bonds is 4. The predicted octanol–water partition coefficient (Wildman–Crippen LogP) is 2.12. The number of nitrogens with zero attached hydrogens (tertiary/aromatic N) is 2. The molecule has 0 aromatic carbocycles. The third-order valence-electron chi connectivity index (χ3n) is 1.84. The number of halogens is 1. The lowest BCUT2D eigenvalue weighted by atomic mass is 10.3. The minimum absolute atomic E-state index is 0.0376. The average molecular weight is 233 g/mol. The van der Waals surface area contributed by atoms with Gasteiger partial charge in [0.15, 0.2) is 0 Å². The van der Waals surface area contributed by atoms with Crippen molar-refractivity contribution in [1.82, 2.24) is 9.88 Å². The lowest BCUT2D eigenvalue weighted by Crippen LogP contribution is -2.34. The van der Waals surface area contributed by atoms with Gasteiger partial charge in [-0.25, -0.2) is 4.98 Å². The molecule has 0 saturated carbocycles. The molecule has 0 aliphatic carbocycles. The predicted molar refractivity (Wildman–Crippen MR) is 58.5 cm³/mol. The van der Waals surface area contributed by atoms with Crippen molar-refractivity contribution in [1.29, 1.82) is 0 Å². The number of aromatic nitrogens is 1. The molecule has 0 bridgehead atoms. The largest absolute Gasteiger partial charge is 0.335 e. The molecule has 0 aliphatic rings. The molecule has 1 rings (SSSR count). The highest BCUT2D eigenvalue weighted by molar-refractivity contribution is 7.09. The summed E-state index contributed by atoms with van der Waals surface area (Å²) in [6.07, 6.45) is 1.74. The minimum atomic E-state index is -0.463. The number of alkyl halides is 1. The summed E-state index contributed by atoms with van der Waals surface area (Å²) in [5.41, 5.74) is 0. The van der Waals surface area contributed by atoms with Gasteiger partial charge in [0.2, 0.25) is 5.91 Å². The van der Waals surface area contributed by atoms with Gasteiger partial charge >= 0.3 is 0 Å². The summed E-state index contributed by atoms with van der Waals surface area (Å²) in [4.78, 5) is 17.4. The first-order chi connectivity index (χ1) is 6.65. The third kappa shape index (κ3) is 2.96. The number of carbonyl (C=O) groups is 1. The van der Waals surface area contributed by atoms with Crippen LogP contribution in [0, 0.1) is 0 Å². The van der Waals surface area contributed by atoms with Gasteiger partial charge in [-0.05, 0) is 13.8 Å². The maximum atomic E-state index is 11.6. The zero-order chi connectivity index (χ0) is 10.6. The van der Waals surface area contributed by atoms with Gasteiger partial charge in [0, 0.05) is 18.1 Å². The van der Waals surface area contributed by atoms with E-state index in [1.807, 2.05) is 12.3 Å². The lowest BCUT2D eigenvalue weighted by Gasteiger charge is -2.20. The Morgan fingerprint density at radius 2 is 2.50 bits per heavy atom. The molecular formula is C9H13ClN2OS. The number of amides is 1. The zero-order valence-electron chi connectivity index (χ0n) is 8.24. The Hall–Kier alpha value is -0.610. The summed E-state index contributed by atoms with van der Waals surface area (Å²) >= 11 is 7.28. The molecule has 1 heterocycles. The Bertz CT molecular complexity index is 287. The smallest absolute Gasteiger partial charge is 0.240 e. The zero-order valence-corrected chi connectivity index (χ0v) is 9.81. The highest BCUT2D eigenvalue weighted by atomic mass is 35.5. The van der Waals surface area contributed by atoms with Gasteiger partial charge in [-0.3, -0.25) is 4.79 Å². The van der Waals surface area contributed by atoms with Crippen LogP contribution in [0.4, 0.5) is 0 Å². The van der Waals surface area contributed by atoms with Crippen LogP contribution in [0.3, 0.4) is 0 Å². The van der Waals surface area contributed by atoms with E-state index in [-0.39, 0.29) is 5.91 Å². The van der Waals surface area contributed by atoms with Gasteiger partial charge in [0.05, 0.1) is 6.54 Å².